The molecule has 0 amide bonds. The van der Waals surface area contributed by atoms with Gasteiger partial charge in [-0.25, -0.2) is 4.98 Å². The molecule has 166 valence electrons. The third kappa shape index (κ3) is 3.91. The molecule has 0 aliphatic carbocycles. The number of aryl methyl sites for hydroxylation is 1. The summed E-state index contributed by atoms with van der Waals surface area (Å²) in [5, 5.41) is 4.95. The lowest BCUT2D eigenvalue weighted by Gasteiger charge is -2.35. The van der Waals surface area contributed by atoms with Crippen LogP contribution in [0.4, 0.5) is 5.82 Å². The Kier molecular flexibility index (Phi) is 4.96. The third-order valence-corrected chi connectivity index (χ3v) is 6.21. The monoisotopic (exact) mass is 439 g/mol. The highest BCUT2D eigenvalue weighted by Crippen LogP contribution is 2.29. The Morgan fingerprint density at radius 2 is 1.76 bits per heavy atom. The Morgan fingerprint density at radius 1 is 0.909 bits per heavy atom. The summed E-state index contributed by atoms with van der Waals surface area (Å²) in [5.41, 5.74) is 6.08. The average Bonchev–Trinajstić information content (AvgIpc) is 3.61. The maximum absolute atomic E-state index is 5.66. The largest absolute Gasteiger partial charge is 0.472 e. The van der Waals surface area contributed by atoms with Crippen LogP contribution in [-0.4, -0.2) is 45.7 Å². The van der Waals surface area contributed by atoms with Gasteiger partial charge in [-0.15, -0.1) is 0 Å². The highest BCUT2D eigenvalue weighted by Gasteiger charge is 2.22. The third-order valence-electron chi connectivity index (χ3n) is 6.21. The van der Waals surface area contributed by atoms with Gasteiger partial charge in [-0.3, -0.25) is 4.90 Å². The normalized spacial score (nSPS) is 14.9. The van der Waals surface area contributed by atoms with Crippen LogP contribution in [0.3, 0.4) is 0 Å². The summed E-state index contributed by atoms with van der Waals surface area (Å²) in [4.78, 5) is 9.70. The van der Waals surface area contributed by atoms with E-state index in [-0.39, 0.29) is 0 Å². The molecule has 0 atom stereocenters. The van der Waals surface area contributed by atoms with Crippen molar-refractivity contribution >= 4 is 11.5 Å². The first-order valence-electron chi connectivity index (χ1n) is 11.2. The number of anilines is 1. The molecule has 33 heavy (non-hydrogen) atoms. The number of hydrogen-bond acceptors (Lipinski definition) is 6. The summed E-state index contributed by atoms with van der Waals surface area (Å²) in [7, 11) is 0. The Morgan fingerprint density at radius 3 is 2.48 bits per heavy atom. The van der Waals surface area contributed by atoms with E-state index in [1.54, 1.807) is 12.5 Å². The molecular weight excluding hydrogens is 414 g/mol. The van der Waals surface area contributed by atoms with Gasteiger partial charge in [-0.2, -0.15) is 9.61 Å². The molecule has 1 aliphatic heterocycles. The zero-order valence-electron chi connectivity index (χ0n) is 18.5. The van der Waals surface area contributed by atoms with E-state index in [9.17, 15) is 0 Å². The minimum atomic E-state index is 0.760. The zero-order valence-corrected chi connectivity index (χ0v) is 18.5. The van der Waals surface area contributed by atoms with Crippen LogP contribution in [0.5, 0.6) is 0 Å². The molecule has 4 aromatic heterocycles. The second-order valence-electron chi connectivity index (χ2n) is 8.54. The fourth-order valence-electron chi connectivity index (χ4n) is 4.38. The Balaban J connectivity index is 1.35. The summed E-state index contributed by atoms with van der Waals surface area (Å²) in [6.45, 7) is 6.76. The fourth-order valence-corrected chi connectivity index (χ4v) is 4.38. The lowest BCUT2D eigenvalue weighted by molar-refractivity contribution is 0.248. The molecular formula is C26H25N5O2. The molecule has 0 radical (unpaired) electrons. The Bertz CT molecular complexity index is 1350. The number of nitrogens with zero attached hydrogens (tertiary/aromatic N) is 5. The van der Waals surface area contributed by atoms with Crippen molar-refractivity contribution in [2.75, 3.05) is 31.1 Å². The van der Waals surface area contributed by atoms with Gasteiger partial charge in [0.2, 0.25) is 0 Å². The van der Waals surface area contributed by atoms with Gasteiger partial charge in [0.1, 0.15) is 11.5 Å². The van der Waals surface area contributed by atoms with Gasteiger partial charge in [0.15, 0.2) is 11.4 Å². The van der Waals surface area contributed by atoms with Gasteiger partial charge in [-0.1, -0.05) is 29.8 Å². The van der Waals surface area contributed by atoms with E-state index in [0.29, 0.717) is 0 Å². The molecule has 5 heterocycles. The van der Waals surface area contributed by atoms with E-state index in [1.165, 1.54) is 11.1 Å². The number of aromatic nitrogens is 3. The topological polar surface area (TPSA) is 63.0 Å². The highest BCUT2D eigenvalue weighted by molar-refractivity contribution is 5.69. The van der Waals surface area contributed by atoms with Crippen LogP contribution in [0.15, 0.2) is 82.2 Å². The summed E-state index contributed by atoms with van der Waals surface area (Å²) in [5.74, 6) is 1.79. The standard InChI is InChI=1S/C26H25N5O2/c1-19-4-6-21(7-5-19)22-15-25-27-23(24-3-2-13-33-24)16-26(31(25)28-22)30-11-9-29(10-12-30)17-20-8-14-32-18-20/h2-8,13-16,18H,9-12,17H2,1H3. The Labute approximate surface area is 191 Å². The summed E-state index contributed by atoms with van der Waals surface area (Å²) in [6, 6.07) is 18.5. The SMILES string of the molecule is Cc1ccc(-c2cc3nc(-c4ccco4)cc(N4CCN(Cc5ccoc5)CC4)n3n2)cc1. The molecule has 0 saturated carbocycles. The predicted molar refractivity (Wildman–Crippen MR) is 127 cm³/mol. The van der Waals surface area contributed by atoms with Gasteiger partial charge < -0.3 is 13.7 Å². The number of fused-ring (bicyclic) bond motifs is 1. The van der Waals surface area contributed by atoms with Crippen LogP contribution in [-0.2, 0) is 6.54 Å². The first-order valence-corrected chi connectivity index (χ1v) is 11.2. The molecule has 7 nitrogen and oxygen atoms in total. The van der Waals surface area contributed by atoms with Crippen molar-refractivity contribution in [1.82, 2.24) is 19.5 Å². The van der Waals surface area contributed by atoms with Crippen molar-refractivity contribution in [3.63, 3.8) is 0 Å². The van der Waals surface area contributed by atoms with Crippen LogP contribution in [0.1, 0.15) is 11.1 Å². The molecule has 1 fully saturated rings. The molecule has 1 aromatic carbocycles. The van der Waals surface area contributed by atoms with Crippen molar-refractivity contribution in [2.45, 2.75) is 13.5 Å². The van der Waals surface area contributed by atoms with E-state index in [1.807, 2.05) is 29.0 Å². The molecule has 5 aromatic rings. The second kappa shape index (κ2) is 8.26. The maximum atomic E-state index is 5.66. The van der Waals surface area contributed by atoms with Crippen molar-refractivity contribution < 1.29 is 8.83 Å². The Hall–Kier alpha value is -3.84. The van der Waals surface area contributed by atoms with Gasteiger partial charge in [0.25, 0.3) is 0 Å². The number of benzene rings is 1. The summed E-state index contributed by atoms with van der Waals surface area (Å²) >= 11 is 0. The zero-order chi connectivity index (χ0) is 22.2. The summed E-state index contributed by atoms with van der Waals surface area (Å²) < 4.78 is 12.9. The molecule has 7 heteroatoms. The van der Waals surface area contributed by atoms with E-state index in [4.69, 9.17) is 18.9 Å². The number of hydrogen-bond donors (Lipinski definition) is 0. The molecule has 1 saturated heterocycles. The van der Waals surface area contributed by atoms with Crippen LogP contribution in [0.25, 0.3) is 28.4 Å². The van der Waals surface area contributed by atoms with Crippen LogP contribution in [0, 0.1) is 6.92 Å². The number of piperazine rings is 1. The first-order chi connectivity index (χ1) is 16.2. The van der Waals surface area contributed by atoms with E-state index < -0.39 is 0 Å². The van der Waals surface area contributed by atoms with Crippen LogP contribution < -0.4 is 4.90 Å². The number of furan rings is 2. The van der Waals surface area contributed by atoms with Crippen LogP contribution in [0.2, 0.25) is 0 Å². The van der Waals surface area contributed by atoms with Crippen molar-refractivity contribution in [2.24, 2.45) is 0 Å². The molecule has 0 unspecified atom stereocenters. The van der Waals surface area contributed by atoms with Gasteiger partial charge in [0.05, 0.1) is 24.5 Å². The van der Waals surface area contributed by atoms with Gasteiger partial charge >= 0.3 is 0 Å². The smallest absolute Gasteiger partial charge is 0.158 e. The minimum absolute atomic E-state index is 0.760. The lowest BCUT2D eigenvalue weighted by atomic mass is 10.1. The van der Waals surface area contributed by atoms with Gasteiger partial charge in [0, 0.05) is 56.0 Å². The highest BCUT2D eigenvalue weighted by atomic mass is 16.3. The van der Waals surface area contributed by atoms with Crippen molar-refractivity contribution in [3.8, 4) is 22.7 Å². The van der Waals surface area contributed by atoms with Crippen molar-refractivity contribution in [1.29, 1.82) is 0 Å². The molecule has 6 rings (SSSR count). The van der Waals surface area contributed by atoms with E-state index in [2.05, 4.69) is 53.1 Å². The molecule has 1 aliphatic rings. The van der Waals surface area contributed by atoms with Gasteiger partial charge in [-0.05, 0) is 25.1 Å². The molecule has 0 bridgehead atoms. The average molecular weight is 440 g/mol. The molecule has 0 N–H and O–H groups in total. The first kappa shape index (κ1) is 19.8. The fraction of sp³-hybridized carbons (Fsp3) is 0.231. The maximum Gasteiger partial charge on any atom is 0.158 e. The summed E-state index contributed by atoms with van der Waals surface area (Å²) in [6.07, 6.45) is 5.24. The predicted octanol–water partition coefficient (Wildman–Crippen LogP) is 4.88. The van der Waals surface area contributed by atoms with E-state index >= 15 is 0 Å². The second-order valence-corrected chi connectivity index (χ2v) is 8.54. The lowest BCUT2D eigenvalue weighted by Crippen LogP contribution is -2.46. The van der Waals surface area contributed by atoms with E-state index in [0.717, 1.165) is 66.9 Å². The van der Waals surface area contributed by atoms with Crippen LogP contribution >= 0.6 is 0 Å². The molecule has 0 spiro atoms. The minimum Gasteiger partial charge on any atom is -0.472 e. The quantitative estimate of drug-likeness (QED) is 0.389. The van der Waals surface area contributed by atoms with Crippen molar-refractivity contribution in [3.05, 3.63) is 84.5 Å². The number of rotatable bonds is 5.